The van der Waals surface area contributed by atoms with Crippen molar-refractivity contribution < 1.29 is 4.42 Å². The lowest BCUT2D eigenvalue weighted by atomic mass is 10.1. The van der Waals surface area contributed by atoms with Crippen LogP contribution in [0.15, 0.2) is 16.5 Å². The Balaban J connectivity index is 2.08. The molecular formula is C10H10ClN3O. The van der Waals surface area contributed by atoms with Crippen LogP contribution >= 0.6 is 11.6 Å². The standard InChI is InChI=1S/C10H10ClN3O/c11-8-5-4-7(15-8)10-13-12-9-3-1-2-6-14(9)10/h4-5H,1-3,6H2. The highest BCUT2D eigenvalue weighted by molar-refractivity contribution is 6.28. The highest BCUT2D eigenvalue weighted by Crippen LogP contribution is 2.26. The Morgan fingerprint density at radius 3 is 3.00 bits per heavy atom. The van der Waals surface area contributed by atoms with E-state index in [-0.39, 0.29) is 0 Å². The summed E-state index contributed by atoms with van der Waals surface area (Å²) in [6, 6.07) is 3.55. The van der Waals surface area contributed by atoms with E-state index in [0.717, 1.165) is 24.6 Å². The molecular weight excluding hydrogens is 214 g/mol. The predicted octanol–water partition coefficient (Wildman–Crippen LogP) is 2.53. The smallest absolute Gasteiger partial charge is 0.199 e. The lowest BCUT2D eigenvalue weighted by Crippen LogP contribution is -2.11. The van der Waals surface area contributed by atoms with E-state index in [9.17, 15) is 0 Å². The van der Waals surface area contributed by atoms with Gasteiger partial charge >= 0.3 is 0 Å². The quantitative estimate of drug-likeness (QED) is 0.746. The van der Waals surface area contributed by atoms with E-state index in [1.807, 2.05) is 6.07 Å². The summed E-state index contributed by atoms with van der Waals surface area (Å²) in [5.74, 6) is 2.53. The summed E-state index contributed by atoms with van der Waals surface area (Å²) in [5, 5.41) is 8.68. The number of hydrogen-bond donors (Lipinski definition) is 0. The van der Waals surface area contributed by atoms with Crippen LogP contribution in [0.2, 0.25) is 5.22 Å². The first kappa shape index (κ1) is 8.97. The minimum atomic E-state index is 0.387. The van der Waals surface area contributed by atoms with Gasteiger partial charge in [0, 0.05) is 13.0 Å². The van der Waals surface area contributed by atoms with E-state index < -0.39 is 0 Å². The van der Waals surface area contributed by atoms with Crippen molar-refractivity contribution in [2.24, 2.45) is 0 Å². The second-order valence-electron chi connectivity index (χ2n) is 3.65. The van der Waals surface area contributed by atoms with Gasteiger partial charge in [0.15, 0.2) is 16.8 Å². The Kier molecular flexibility index (Phi) is 2.02. The zero-order valence-corrected chi connectivity index (χ0v) is 8.87. The van der Waals surface area contributed by atoms with Crippen molar-refractivity contribution in [3.63, 3.8) is 0 Å². The number of aryl methyl sites for hydroxylation is 1. The van der Waals surface area contributed by atoms with Crippen molar-refractivity contribution in [2.45, 2.75) is 25.8 Å². The topological polar surface area (TPSA) is 43.9 Å². The van der Waals surface area contributed by atoms with Crippen molar-refractivity contribution >= 4 is 11.6 Å². The fraction of sp³-hybridized carbons (Fsp3) is 0.400. The van der Waals surface area contributed by atoms with E-state index in [1.165, 1.54) is 12.8 Å². The maximum absolute atomic E-state index is 5.74. The number of furan rings is 1. The Morgan fingerprint density at radius 2 is 2.20 bits per heavy atom. The summed E-state index contributed by atoms with van der Waals surface area (Å²) in [6.07, 6.45) is 3.37. The molecule has 0 aliphatic carbocycles. The van der Waals surface area contributed by atoms with Crippen molar-refractivity contribution in [3.05, 3.63) is 23.2 Å². The van der Waals surface area contributed by atoms with Crippen LogP contribution in [-0.4, -0.2) is 14.8 Å². The molecule has 2 aromatic rings. The molecule has 78 valence electrons. The number of fused-ring (bicyclic) bond motifs is 1. The molecule has 5 heteroatoms. The lowest BCUT2D eigenvalue weighted by Gasteiger charge is -2.13. The van der Waals surface area contributed by atoms with Crippen molar-refractivity contribution in [3.8, 4) is 11.6 Å². The highest BCUT2D eigenvalue weighted by Gasteiger charge is 2.18. The molecule has 0 aromatic carbocycles. The molecule has 0 radical (unpaired) electrons. The van der Waals surface area contributed by atoms with Crippen LogP contribution < -0.4 is 0 Å². The van der Waals surface area contributed by atoms with Crippen LogP contribution in [0.4, 0.5) is 0 Å². The molecule has 4 nitrogen and oxygen atoms in total. The van der Waals surface area contributed by atoms with Crippen molar-refractivity contribution in [1.29, 1.82) is 0 Å². The third-order valence-electron chi connectivity index (χ3n) is 2.65. The molecule has 1 aliphatic rings. The normalized spacial score (nSPS) is 15.3. The van der Waals surface area contributed by atoms with Crippen LogP contribution in [0.5, 0.6) is 0 Å². The zero-order valence-electron chi connectivity index (χ0n) is 8.11. The summed E-state index contributed by atoms with van der Waals surface area (Å²) in [7, 11) is 0. The molecule has 0 N–H and O–H groups in total. The number of nitrogens with zero attached hydrogens (tertiary/aromatic N) is 3. The average Bonchev–Trinajstić information content (AvgIpc) is 2.83. The van der Waals surface area contributed by atoms with Gasteiger partial charge in [-0.05, 0) is 36.6 Å². The molecule has 0 amide bonds. The van der Waals surface area contributed by atoms with E-state index in [0.29, 0.717) is 11.0 Å². The monoisotopic (exact) mass is 223 g/mol. The molecule has 0 bridgehead atoms. The van der Waals surface area contributed by atoms with Gasteiger partial charge in [-0.3, -0.25) is 0 Å². The molecule has 0 saturated heterocycles. The zero-order chi connectivity index (χ0) is 10.3. The Bertz CT molecular complexity index is 489. The predicted molar refractivity (Wildman–Crippen MR) is 55.7 cm³/mol. The van der Waals surface area contributed by atoms with Gasteiger partial charge in [0.25, 0.3) is 0 Å². The molecule has 0 saturated carbocycles. The minimum Gasteiger partial charge on any atom is -0.441 e. The van der Waals surface area contributed by atoms with Gasteiger partial charge in [-0.25, -0.2) is 0 Å². The van der Waals surface area contributed by atoms with Crippen LogP contribution in [0.3, 0.4) is 0 Å². The fourth-order valence-corrected chi connectivity index (χ4v) is 2.07. The average molecular weight is 224 g/mol. The Labute approximate surface area is 91.9 Å². The second kappa shape index (κ2) is 3.38. The molecule has 0 unspecified atom stereocenters. The molecule has 0 fully saturated rings. The van der Waals surface area contributed by atoms with Gasteiger partial charge in [0.2, 0.25) is 0 Å². The molecule has 0 spiro atoms. The van der Waals surface area contributed by atoms with Crippen LogP contribution in [-0.2, 0) is 13.0 Å². The second-order valence-corrected chi connectivity index (χ2v) is 4.02. The van der Waals surface area contributed by atoms with Gasteiger partial charge in [0.1, 0.15) is 5.82 Å². The molecule has 1 aliphatic heterocycles. The summed E-state index contributed by atoms with van der Waals surface area (Å²) < 4.78 is 7.45. The minimum absolute atomic E-state index is 0.387. The van der Waals surface area contributed by atoms with Gasteiger partial charge in [-0.15, -0.1) is 10.2 Å². The van der Waals surface area contributed by atoms with Crippen molar-refractivity contribution in [1.82, 2.24) is 14.8 Å². The van der Waals surface area contributed by atoms with Crippen LogP contribution in [0, 0.1) is 0 Å². The SMILES string of the molecule is Clc1ccc(-c2nnc3n2CCCC3)o1. The summed E-state index contributed by atoms with van der Waals surface area (Å²) in [6.45, 7) is 0.968. The molecule has 3 heterocycles. The first-order chi connectivity index (χ1) is 7.34. The van der Waals surface area contributed by atoms with Crippen LogP contribution in [0.1, 0.15) is 18.7 Å². The third-order valence-corrected chi connectivity index (χ3v) is 2.86. The summed E-state index contributed by atoms with van der Waals surface area (Å²) >= 11 is 5.74. The fourth-order valence-electron chi connectivity index (χ4n) is 1.93. The Hall–Kier alpha value is -1.29. The van der Waals surface area contributed by atoms with Gasteiger partial charge < -0.3 is 8.98 Å². The van der Waals surface area contributed by atoms with E-state index in [1.54, 1.807) is 6.07 Å². The summed E-state index contributed by atoms with van der Waals surface area (Å²) in [5.41, 5.74) is 0. The first-order valence-electron chi connectivity index (χ1n) is 5.02. The lowest BCUT2D eigenvalue weighted by molar-refractivity contribution is 0.514. The Morgan fingerprint density at radius 1 is 1.27 bits per heavy atom. The number of hydrogen-bond acceptors (Lipinski definition) is 3. The summed E-state index contributed by atoms with van der Waals surface area (Å²) in [4.78, 5) is 0. The van der Waals surface area contributed by atoms with Crippen LogP contribution in [0.25, 0.3) is 11.6 Å². The molecule has 2 aromatic heterocycles. The number of halogens is 1. The highest BCUT2D eigenvalue weighted by atomic mass is 35.5. The largest absolute Gasteiger partial charge is 0.441 e. The van der Waals surface area contributed by atoms with Gasteiger partial charge in [-0.1, -0.05) is 0 Å². The molecule has 3 rings (SSSR count). The third kappa shape index (κ3) is 1.45. The van der Waals surface area contributed by atoms with Crippen molar-refractivity contribution in [2.75, 3.05) is 0 Å². The van der Waals surface area contributed by atoms with E-state index in [4.69, 9.17) is 16.0 Å². The van der Waals surface area contributed by atoms with Gasteiger partial charge in [-0.2, -0.15) is 0 Å². The number of rotatable bonds is 1. The van der Waals surface area contributed by atoms with E-state index in [2.05, 4.69) is 14.8 Å². The van der Waals surface area contributed by atoms with E-state index >= 15 is 0 Å². The number of aromatic nitrogens is 3. The maximum Gasteiger partial charge on any atom is 0.199 e. The molecule has 15 heavy (non-hydrogen) atoms. The maximum atomic E-state index is 5.74. The van der Waals surface area contributed by atoms with Gasteiger partial charge in [0.05, 0.1) is 0 Å². The molecule has 0 atom stereocenters. The first-order valence-corrected chi connectivity index (χ1v) is 5.40.